The molecule has 17 heavy (non-hydrogen) atoms. The monoisotopic (exact) mass is 232 g/mol. The zero-order valence-electron chi connectivity index (χ0n) is 11.1. The highest BCUT2D eigenvalue weighted by atomic mass is 15.1. The zero-order valence-corrected chi connectivity index (χ0v) is 11.1. The van der Waals surface area contributed by atoms with Crippen LogP contribution in [0.25, 0.3) is 0 Å². The van der Waals surface area contributed by atoms with E-state index >= 15 is 0 Å². The third-order valence-electron chi connectivity index (χ3n) is 3.49. The molecule has 0 atom stereocenters. The van der Waals surface area contributed by atoms with Gasteiger partial charge in [-0.05, 0) is 37.4 Å². The molecule has 2 rings (SSSR count). The van der Waals surface area contributed by atoms with Crippen LogP contribution in [0, 0.1) is 0 Å². The van der Waals surface area contributed by atoms with E-state index in [1.165, 1.54) is 36.8 Å². The van der Waals surface area contributed by atoms with Gasteiger partial charge in [0.2, 0.25) is 0 Å². The number of nitrogens with two attached hydrogens (primary N) is 1. The van der Waals surface area contributed by atoms with Gasteiger partial charge in [-0.3, -0.25) is 0 Å². The summed E-state index contributed by atoms with van der Waals surface area (Å²) in [7, 11) is 2.16. The summed E-state index contributed by atoms with van der Waals surface area (Å²) in [6.45, 7) is 4.24. The molecule has 0 heterocycles. The number of nitrogens with zero attached hydrogens (tertiary/aromatic N) is 1. The molecule has 0 aromatic heterocycles. The summed E-state index contributed by atoms with van der Waals surface area (Å²) < 4.78 is 0. The average molecular weight is 232 g/mol. The summed E-state index contributed by atoms with van der Waals surface area (Å²) in [6.07, 6.45) is 4.77. The predicted molar refractivity (Wildman–Crippen MR) is 72.9 cm³/mol. The van der Waals surface area contributed by atoms with E-state index in [-0.39, 0.29) is 5.54 Å². The Morgan fingerprint density at radius 1 is 1.18 bits per heavy atom. The first-order chi connectivity index (χ1) is 8.11. The van der Waals surface area contributed by atoms with Crippen LogP contribution < -0.4 is 5.73 Å². The van der Waals surface area contributed by atoms with Crippen molar-refractivity contribution in [2.45, 2.75) is 44.7 Å². The largest absolute Gasteiger partial charge is 0.324 e. The number of aryl methyl sites for hydroxylation is 1. The van der Waals surface area contributed by atoms with Crippen molar-refractivity contribution in [2.75, 3.05) is 13.6 Å². The van der Waals surface area contributed by atoms with Gasteiger partial charge in [0.1, 0.15) is 0 Å². The molecule has 1 aliphatic rings. The lowest BCUT2D eigenvalue weighted by atomic mass is 10.1. The second-order valence-corrected chi connectivity index (χ2v) is 5.60. The Balaban J connectivity index is 1.85. The minimum atomic E-state index is 0.122. The summed E-state index contributed by atoms with van der Waals surface area (Å²) >= 11 is 0. The molecule has 1 aromatic carbocycles. The first-order valence-corrected chi connectivity index (χ1v) is 6.66. The second kappa shape index (κ2) is 5.19. The average Bonchev–Trinajstić information content (AvgIpc) is 2.99. The molecule has 2 nitrogen and oxygen atoms in total. The maximum absolute atomic E-state index is 6.12. The molecular weight excluding hydrogens is 208 g/mol. The topological polar surface area (TPSA) is 29.3 Å². The van der Waals surface area contributed by atoms with Crippen LogP contribution in [-0.2, 0) is 13.0 Å². The van der Waals surface area contributed by atoms with Gasteiger partial charge in [0.15, 0.2) is 0 Å². The third kappa shape index (κ3) is 3.83. The fraction of sp³-hybridized carbons (Fsp3) is 0.600. The number of rotatable bonds is 6. The predicted octanol–water partition coefficient (Wildman–Crippen LogP) is 2.56. The van der Waals surface area contributed by atoms with Crippen LogP contribution in [0.4, 0.5) is 0 Å². The van der Waals surface area contributed by atoms with Crippen LogP contribution in [0.5, 0.6) is 0 Å². The van der Waals surface area contributed by atoms with Gasteiger partial charge in [-0.1, -0.05) is 37.6 Å². The first kappa shape index (κ1) is 12.6. The molecule has 0 bridgehead atoms. The Morgan fingerprint density at radius 2 is 1.76 bits per heavy atom. The molecule has 0 amide bonds. The smallest absolute Gasteiger partial charge is 0.0284 e. The summed E-state index contributed by atoms with van der Waals surface area (Å²) in [6, 6.07) is 9.00. The highest BCUT2D eigenvalue weighted by Gasteiger charge is 2.38. The molecule has 0 unspecified atom stereocenters. The van der Waals surface area contributed by atoms with Crippen LogP contribution in [0.2, 0.25) is 0 Å². The normalized spacial score (nSPS) is 17.4. The van der Waals surface area contributed by atoms with Gasteiger partial charge in [0.25, 0.3) is 0 Å². The molecule has 1 aliphatic carbocycles. The maximum atomic E-state index is 6.12. The van der Waals surface area contributed by atoms with Gasteiger partial charge in [0, 0.05) is 18.6 Å². The van der Waals surface area contributed by atoms with Gasteiger partial charge in [0.05, 0.1) is 0 Å². The Kier molecular flexibility index (Phi) is 3.85. The van der Waals surface area contributed by atoms with Crippen molar-refractivity contribution < 1.29 is 0 Å². The van der Waals surface area contributed by atoms with E-state index < -0.39 is 0 Å². The fourth-order valence-electron chi connectivity index (χ4n) is 2.32. The van der Waals surface area contributed by atoms with Crippen molar-refractivity contribution in [2.24, 2.45) is 5.73 Å². The molecule has 0 radical (unpaired) electrons. The van der Waals surface area contributed by atoms with E-state index in [2.05, 4.69) is 43.1 Å². The minimum Gasteiger partial charge on any atom is -0.324 e. The highest BCUT2D eigenvalue weighted by Crippen LogP contribution is 2.32. The van der Waals surface area contributed by atoms with Gasteiger partial charge in [-0.2, -0.15) is 0 Å². The van der Waals surface area contributed by atoms with E-state index in [0.717, 1.165) is 13.1 Å². The lowest BCUT2D eigenvalue weighted by Gasteiger charge is -2.20. The SMILES string of the molecule is CCCc1ccc(CN(C)CC2(N)CC2)cc1. The number of hydrogen-bond donors (Lipinski definition) is 1. The van der Waals surface area contributed by atoms with Gasteiger partial charge < -0.3 is 10.6 Å². The molecule has 0 aliphatic heterocycles. The van der Waals surface area contributed by atoms with Crippen LogP contribution in [0.3, 0.4) is 0 Å². The van der Waals surface area contributed by atoms with Crippen LogP contribution in [-0.4, -0.2) is 24.0 Å². The second-order valence-electron chi connectivity index (χ2n) is 5.60. The molecule has 1 saturated carbocycles. The van der Waals surface area contributed by atoms with Crippen molar-refractivity contribution in [3.8, 4) is 0 Å². The number of hydrogen-bond acceptors (Lipinski definition) is 2. The Bertz CT molecular complexity index is 352. The summed E-state index contributed by atoms with van der Waals surface area (Å²) in [5.41, 5.74) is 9.07. The number of benzene rings is 1. The van der Waals surface area contributed by atoms with Gasteiger partial charge in [-0.25, -0.2) is 0 Å². The Hall–Kier alpha value is -0.860. The lowest BCUT2D eigenvalue weighted by molar-refractivity contribution is 0.296. The maximum Gasteiger partial charge on any atom is 0.0284 e. The van der Waals surface area contributed by atoms with Gasteiger partial charge >= 0.3 is 0 Å². The lowest BCUT2D eigenvalue weighted by Crippen LogP contribution is -2.36. The Morgan fingerprint density at radius 3 is 2.29 bits per heavy atom. The molecule has 0 saturated heterocycles. The molecule has 2 N–H and O–H groups in total. The fourth-order valence-corrected chi connectivity index (χ4v) is 2.32. The van der Waals surface area contributed by atoms with Crippen LogP contribution in [0.15, 0.2) is 24.3 Å². The van der Waals surface area contributed by atoms with Crippen LogP contribution >= 0.6 is 0 Å². The van der Waals surface area contributed by atoms with Crippen molar-refractivity contribution >= 4 is 0 Å². The molecule has 2 heteroatoms. The standard InChI is InChI=1S/C15H24N2/c1-3-4-13-5-7-14(8-6-13)11-17(2)12-15(16)9-10-15/h5-8H,3-4,9-12,16H2,1-2H3. The van der Waals surface area contributed by atoms with Gasteiger partial charge in [-0.15, -0.1) is 0 Å². The van der Waals surface area contributed by atoms with E-state index in [4.69, 9.17) is 5.73 Å². The molecular formula is C15H24N2. The molecule has 1 fully saturated rings. The summed E-state index contributed by atoms with van der Waals surface area (Å²) in [4.78, 5) is 2.34. The summed E-state index contributed by atoms with van der Waals surface area (Å²) in [5, 5.41) is 0. The first-order valence-electron chi connectivity index (χ1n) is 6.66. The highest BCUT2D eigenvalue weighted by molar-refractivity contribution is 5.22. The van der Waals surface area contributed by atoms with Crippen molar-refractivity contribution in [1.29, 1.82) is 0 Å². The van der Waals surface area contributed by atoms with E-state index in [1.54, 1.807) is 0 Å². The quantitative estimate of drug-likeness (QED) is 0.817. The third-order valence-corrected chi connectivity index (χ3v) is 3.49. The Labute approximate surface area is 105 Å². The zero-order chi connectivity index (χ0) is 12.3. The number of likely N-dealkylation sites (N-methyl/N-ethyl adjacent to an activating group) is 1. The molecule has 94 valence electrons. The summed E-state index contributed by atoms with van der Waals surface area (Å²) in [5.74, 6) is 0. The molecule has 0 spiro atoms. The van der Waals surface area contributed by atoms with Crippen molar-refractivity contribution in [3.63, 3.8) is 0 Å². The van der Waals surface area contributed by atoms with Crippen molar-refractivity contribution in [3.05, 3.63) is 35.4 Å². The minimum absolute atomic E-state index is 0.122. The van der Waals surface area contributed by atoms with E-state index in [0.29, 0.717) is 0 Å². The van der Waals surface area contributed by atoms with Crippen molar-refractivity contribution in [1.82, 2.24) is 4.90 Å². The van der Waals surface area contributed by atoms with E-state index in [9.17, 15) is 0 Å². The van der Waals surface area contributed by atoms with E-state index in [1.807, 2.05) is 0 Å². The van der Waals surface area contributed by atoms with Crippen LogP contribution in [0.1, 0.15) is 37.3 Å². The molecule has 1 aromatic rings.